The first-order chi connectivity index (χ1) is 5.79. The average molecular weight is 185 g/mol. The van der Waals surface area contributed by atoms with Crippen molar-refractivity contribution in [3.05, 3.63) is 11.8 Å². The molecule has 1 rings (SSSR count). The summed E-state index contributed by atoms with van der Waals surface area (Å²) in [5.74, 6) is 1.36. The highest BCUT2D eigenvalue weighted by Gasteiger charge is 2.35. The fourth-order valence-corrected chi connectivity index (χ4v) is 1.28. The summed E-state index contributed by atoms with van der Waals surface area (Å²) in [6.07, 6.45) is 4.81. The lowest BCUT2D eigenvalue weighted by Gasteiger charge is -1.94. The van der Waals surface area contributed by atoms with E-state index in [9.17, 15) is 0 Å². The van der Waals surface area contributed by atoms with Gasteiger partial charge < -0.3 is 0 Å². The molecule has 2 atom stereocenters. The third-order valence-corrected chi connectivity index (χ3v) is 2.23. The molecule has 12 heavy (non-hydrogen) atoms. The third-order valence-electron chi connectivity index (χ3n) is 2.09. The normalized spacial score (nSPS) is 29.3. The zero-order chi connectivity index (χ0) is 8.97. The molecule has 1 aliphatic rings. The largest absolute Gasteiger partial charge is 0.277 e. The second kappa shape index (κ2) is 4.41. The molecule has 0 radical (unpaired) electrons. The lowest BCUT2D eigenvalue weighted by molar-refractivity contribution is 0.849. The maximum Gasteiger partial charge on any atom is 0.113 e. The Morgan fingerprint density at radius 2 is 2.42 bits per heavy atom. The highest BCUT2D eigenvalue weighted by Crippen LogP contribution is 2.43. The fraction of sp³-hybridized carbons (Fsp3) is 0.556. The van der Waals surface area contributed by atoms with Crippen LogP contribution in [-0.4, -0.2) is 18.9 Å². The van der Waals surface area contributed by atoms with Gasteiger partial charge in [-0.15, -0.1) is 11.6 Å². The smallest absolute Gasteiger partial charge is 0.113 e. The van der Waals surface area contributed by atoms with E-state index in [0.29, 0.717) is 11.9 Å². The Morgan fingerprint density at radius 3 is 2.83 bits per heavy atom. The number of rotatable bonds is 4. The third kappa shape index (κ3) is 2.45. The van der Waals surface area contributed by atoms with E-state index in [0.717, 1.165) is 11.6 Å². The summed E-state index contributed by atoms with van der Waals surface area (Å²) in [4.78, 5) is 7.82. The summed E-state index contributed by atoms with van der Waals surface area (Å²) in [6, 6.07) is 0.307. The molecular weight excluding hydrogens is 172 g/mol. The minimum Gasteiger partial charge on any atom is -0.277 e. The molecule has 0 aliphatic heterocycles. The number of allylic oxidation sites excluding steroid dienone is 2. The molecule has 0 aromatic carbocycles. The van der Waals surface area contributed by atoms with Crippen molar-refractivity contribution in [2.45, 2.75) is 13.3 Å². The maximum atomic E-state index is 5.38. The van der Waals surface area contributed by atoms with E-state index in [4.69, 9.17) is 11.6 Å². The van der Waals surface area contributed by atoms with Gasteiger partial charge in [-0.2, -0.15) is 0 Å². The summed E-state index contributed by atoms with van der Waals surface area (Å²) in [6.45, 7) is 5.73. The van der Waals surface area contributed by atoms with Gasteiger partial charge in [-0.3, -0.25) is 9.98 Å². The Kier molecular flexibility index (Phi) is 3.48. The van der Waals surface area contributed by atoms with E-state index in [1.165, 1.54) is 6.42 Å². The first-order valence-electron chi connectivity index (χ1n) is 4.02. The molecule has 1 fully saturated rings. The van der Waals surface area contributed by atoms with Crippen molar-refractivity contribution in [2.24, 2.45) is 21.8 Å². The van der Waals surface area contributed by atoms with E-state index in [1.54, 1.807) is 6.21 Å². The van der Waals surface area contributed by atoms with Crippen LogP contribution in [-0.2, 0) is 0 Å². The molecule has 66 valence electrons. The maximum absolute atomic E-state index is 5.38. The van der Waals surface area contributed by atoms with Gasteiger partial charge in [0, 0.05) is 17.8 Å². The quantitative estimate of drug-likeness (QED) is 0.365. The van der Waals surface area contributed by atoms with Crippen LogP contribution in [0.3, 0.4) is 0 Å². The topological polar surface area (TPSA) is 24.7 Å². The number of alkyl halides is 1. The van der Waals surface area contributed by atoms with Crippen LogP contribution < -0.4 is 0 Å². The van der Waals surface area contributed by atoms with Crippen LogP contribution in [0, 0.1) is 11.8 Å². The van der Waals surface area contributed by atoms with Gasteiger partial charge in [-0.1, -0.05) is 6.92 Å². The molecule has 3 heteroatoms. The van der Waals surface area contributed by atoms with Crippen molar-refractivity contribution in [1.29, 1.82) is 0 Å². The average Bonchev–Trinajstić information content (AvgIpc) is 2.77. The second-order valence-electron chi connectivity index (χ2n) is 3.02. The van der Waals surface area contributed by atoms with Crippen molar-refractivity contribution in [3.63, 3.8) is 0 Å². The molecule has 2 nitrogen and oxygen atoms in total. The molecule has 1 aliphatic carbocycles. The minimum absolute atomic E-state index is 0.307. The van der Waals surface area contributed by atoms with Gasteiger partial charge in [-0.05, 0) is 25.1 Å². The molecule has 0 saturated heterocycles. The van der Waals surface area contributed by atoms with Crippen LogP contribution >= 0.6 is 11.6 Å². The SMILES string of the molecule is C=N/C(=C\C=NCCl)C1CC1C. The Labute approximate surface area is 78.1 Å². The zero-order valence-electron chi connectivity index (χ0n) is 7.20. The molecule has 0 bridgehead atoms. The molecule has 0 aromatic heterocycles. The monoisotopic (exact) mass is 184 g/mol. The van der Waals surface area contributed by atoms with Crippen molar-refractivity contribution in [1.82, 2.24) is 0 Å². The Hall–Kier alpha value is -0.630. The molecule has 0 aromatic rings. The number of aliphatic imine (C=N–C) groups is 2. The fourth-order valence-electron chi connectivity index (χ4n) is 1.20. The van der Waals surface area contributed by atoms with E-state index in [2.05, 4.69) is 23.6 Å². The van der Waals surface area contributed by atoms with Crippen molar-refractivity contribution in [3.8, 4) is 0 Å². The van der Waals surface area contributed by atoms with Crippen molar-refractivity contribution < 1.29 is 0 Å². The van der Waals surface area contributed by atoms with Crippen molar-refractivity contribution in [2.75, 3.05) is 6.00 Å². The summed E-state index contributed by atoms with van der Waals surface area (Å²) < 4.78 is 0. The molecule has 0 N–H and O–H groups in total. The lowest BCUT2D eigenvalue weighted by Crippen LogP contribution is -1.84. The summed E-state index contributed by atoms with van der Waals surface area (Å²) in [7, 11) is 0. The van der Waals surface area contributed by atoms with Crippen LogP contribution in [0.15, 0.2) is 21.8 Å². The molecule has 0 spiro atoms. The van der Waals surface area contributed by atoms with Crippen LogP contribution in [0.2, 0.25) is 0 Å². The number of nitrogens with zero attached hydrogens (tertiary/aromatic N) is 2. The summed E-state index contributed by atoms with van der Waals surface area (Å²) in [5, 5.41) is 0. The Bertz CT molecular complexity index is 221. The van der Waals surface area contributed by atoms with E-state index < -0.39 is 0 Å². The van der Waals surface area contributed by atoms with Crippen LogP contribution in [0.5, 0.6) is 0 Å². The molecule has 0 heterocycles. The predicted octanol–water partition coefficient (Wildman–Crippen LogP) is 2.49. The van der Waals surface area contributed by atoms with E-state index >= 15 is 0 Å². The highest BCUT2D eigenvalue weighted by atomic mass is 35.5. The van der Waals surface area contributed by atoms with Gasteiger partial charge in [0.1, 0.15) is 6.00 Å². The zero-order valence-corrected chi connectivity index (χ0v) is 7.96. The van der Waals surface area contributed by atoms with Gasteiger partial charge >= 0.3 is 0 Å². The number of halogens is 1. The van der Waals surface area contributed by atoms with E-state index in [1.807, 2.05) is 6.08 Å². The van der Waals surface area contributed by atoms with Crippen LogP contribution in [0.1, 0.15) is 13.3 Å². The number of hydrogen-bond acceptors (Lipinski definition) is 2. The van der Waals surface area contributed by atoms with Crippen LogP contribution in [0.25, 0.3) is 0 Å². The molecular formula is C9H13ClN2. The first-order valence-corrected chi connectivity index (χ1v) is 4.55. The predicted molar refractivity (Wildman–Crippen MR) is 54.1 cm³/mol. The van der Waals surface area contributed by atoms with Crippen molar-refractivity contribution >= 4 is 24.5 Å². The minimum atomic E-state index is 0.307. The van der Waals surface area contributed by atoms with Gasteiger partial charge in [0.25, 0.3) is 0 Å². The summed E-state index contributed by atoms with van der Waals surface area (Å²) >= 11 is 5.38. The Morgan fingerprint density at radius 1 is 1.75 bits per heavy atom. The summed E-state index contributed by atoms with van der Waals surface area (Å²) in [5.41, 5.74) is 1.04. The standard InChI is InChI=1S/C9H13ClN2/c1-7-5-8(7)9(11-2)3-4-12-6-10/h3-4,7-8H,2,5-6H2,1H3/b9-3-,12-4?. The van der Waals surface area contributed by atoms with Gasteiger partial charge in [0.05, 0.1) is 0 Å². The van der Waals surface area contributed by atoms with Crippen LogP contribution in [0.4, 0.5) is 0 Å². The second-order valence-corrected chi connectivity index (χ2v) is 3.26. The lowest BCUT2D eigenvalue weighted by atomic mass is 10.2. The first kappa shape index (κ1) is 9.46. The van der Waals surface area contributed by atoms with Gasteiger partial charge in [0.2, 0.25) is 0 Å². The molecule has 2 unspecified atom stereocenters. The van der Waals surface area contributed by atoms with Gasteiger partial charge in [0.15, 0.2) is 0 Å². The number of hydrogen-bond donors (Lipinski definition) is 0. The Balaban J connectivity index is 2.50. The molecule has 0 amide bonds. The highest BCUT2D eigenvalue weighted by molar-refractivity contribution is 6.18. The molecule has 1 saturated carbocycles. The van der Waals surface area contributed by atoms with E-state index in [-0.39, 0.29) is 0 Å². The van der Waals surface area contributed by atoms with Gasteiger partial charge in [-0.25, -0.2) is 0 Å².